The lowest BCUT2D eigenvalue weighted by atomic mass is 9.97. The van der Waals surface area contributed by atoms with E-state index in [0.717, 1.165) is 25.1 Å². The van der Waals surface area contributed by atoms with E-state index in [1.807, 2.05) is 0 Å². The van der Waals surface area contributed by atoms with Gasteiger partial charge in [-0.1, -0.05) is 6.42 Å². The predicted octanol–water partition coefficient (Wildman–Crippen LogP) is 2.10. The van der Waals surface area contributed by atoms with Gasteiger partial charge < -0.3 is 10.4 Å². The van der Waals surface area contributed by atoms with Gasteiger partial charge in [0.1, 0.15) is 0 Å². The number of hydrogen-bond acceptors (Lipinski definition) is 5. The van der Waals surface area contributed by atoms with Crippen LogP contribution < -0.4 is 5.32 Å². The van der Waals surface area contributed by atoms with Crippen LogP contribution in [0, 0.1) is 35.8 Å². The number of hydrogen-bond donors (Lipinski definition) is 2. The van der Waals surface area contributed by atoms with Crippen molar-refractivity contribution in [3.8, 4) is 0 Å². The summed E-state index contributed by atoms with van der Waals surface area (Å²) in [5.74, 6) is 0.884. The van der Waals surface area contributed by atoms with E-state index in [1.165, 1.54) is 6.42 Å². The second kappa shape index (κ2) is 6.95. The molecule has 1 aliphatic rings. The fourth-order valence-electron chi connectivity index (χ4n) is 3.22. The minimum atomic E-state index is -0.339. The lowest BCUT2D eigenvalue weighted by molar-refractivity contribution is -0.386. The second-order valence-electron chi connectivity index (χ2n) is 5.88. The first-order valence-corrected chi connectivity index (χ1v) is 7.45. The van der Waals surface area contributed by atoms with E-state index in [2.05, 4.69) is 10.3 Å². The first-order chi connectivity index (χ1) is 10.0. The molecule has 0 aromatic carbocycles. The van der Waals surface area contributed by atoms with Gasteiger partial charge in [-0.05, 0) is 45.1 Å². The Kier molecular flexibility index (Phi) is 5.25. The van der Waals surface area contributed by atoms with Crippen LogP contribution in [0.5, 0.6) is 0 Å². The fourth-order valence-corrected chi connectivity index (χ4v) is 3.22. The number of aromatic nitrogens is 1. The molecule has 0 aliphatic heterocycles. The Morgan fingerprint density at radius 1 is 1.43 bits per heavy atom. The molecule has 2 rings (SSSR count). The van der Waals surface area contributed by atoms with Crippen molar-refractivity contribution in [1.29, 1.82) is 0 Å². The first kappa shape index (κ1) is 15.9. The van der Waals surface area contributed by atoms with Crippen LogP contribution in [0.4, 0.5) is 5.69 Å². The second-order valence-corrected chi connectivity index (χ2v) is 5.88. The molecule has 0 saturated heterocycles. The van der Waals surface area contributed by atoms with Gasteiger partial charge in [0.15, 0.2) is 0 Å². The normalized spacial score (nSPS) is 21.7. The molecule has 6 heteroatoms. The van der Waals surface area contributed by atoms with Gasteiger partial charge in [-0.2, -0.15) is 0 Å². The number of nitro groups is 1. The SMILES string of the molecule is Cc1cnc(CNCC2CCCC2CO)c(C)c1[N+](=O)[O-]. The Morgan fingerprint density at radius 2 is 2.14 bits per heavy atom. The smallest absolute Gasteiger partial charge is 0.278 e. The summed E-state index contributed by atoms with van der Waals surface area (Å²) in [7, 11) is 0. The molecule has 0 amide bonds. The van der Waals surface area contributed by atoms with E-state index in [4.69, 9.17) is 0 Å². The maximum atomic E-state index is 11.1. The summed E-state index contributed by atoms with van der Waals surface area (Å²) in [6.07, 6.45) is 4.97. The van der Waals surface area contributed by atoms with E-state index < -0.39 is 0 Å². The molecular formula is C15H23N3O3. The highest BCUT2D eigenvalue weighted by molar-refractivity contribution is 5.47. The molecule has 0 bridgehead atoms. The largest absolute Gasteiger partial charge is 0.396 e. The fraction of sp³-hybridized carbons (Fsp3) is 0.667. The number of aliphatic hydroxyl groups is 1. The Balaban J connectivity index is 1.98. The van der Waals surface area contributed by atoms with E-state index in [0.29, 0.717) is 29.5 Å². The number of nitrogens with zero attached hydrogens (tertiary/aromatic N) is 2. The number of rotatable bonds is 6. The van der Waals surface area contributed by atoms with Gasteiger partial charge >= 0.3 is 0 Å². The van der Waals surface area contributed by atoms with Gasteiger partial charge in [0, 0.05) is 30.5 Å². The Hall–Kier alpha value is -1.53. The minimum absolute atomic E-state index is 0.163. The zero-order valence-corrected chi connectivity index (χ0v) is 12.6. The monoisotopic (exact) mass is 293 g/mol. The molecule has 1 fully saturated rings. The highest BCUT2D eigenvalue weighted by Crippen LogP contribution is 2.30. The molecule has 6 nitrogen and oxygen atoms in total. The first-order valence-electron chi connectivity index (χ1n) is 7.45. The number of nitrogens with one attached hydrogen (secondary N) is 1. The Bertz CT molecular complexity index is 519. The van der Waals surface area contributed by atoms with Crippen LogP contribution in [0.3, 0.4) is 0 Å². The Morgan fingerprint density at radius 3 is 2.81 bits per heavy atom. The maximum absolute atomic E-state index is 11.1. The molecule has 116 valence electrons. The van der Waals surface area contributed by atoms with Crippen LogP contribution in [0.15, 0.2) is 6.20 Å². The summed E-state index contributed by atoms with van der Waals surface area (Å²) >= 11 is 0. The van der Waals surface area contributed by atoms with Gasteiger partial charge in [0.25, 0.3) is 5.69 Å². The Labute approximate surface area is 124 Å². The maximum Gasteiger partial charge on any atom is 0.278 e. The number of aliphatic hydroxyl groups excluding tert-OH is 1. The highest BCUT2D eigenvalue weighted by atomic mass is 16.6. The van der Waals surface area contributed by atoms with E-state index >= 15 is 0 Å². The average Bonchev–Trinajstić information content (AvgIpc) is 2.88. The van der Waals surface area contributed by atoms with Crippen LogP contribution >= 0.6 is 0 Å². The van der Waals surface area contributed by atoms with E-state index in [9.17, 15) is 15.2 Å². The van der Waals surface area contributed by atoms with E-state index in [-0.39, 0.29) is 17.2 Å². The lowest BCUT2D eigenvalue weighted by Crippen LogP contribution is -2.27. The van der Waals surface area contributed by atoms with Crippen molar-refractivity contribution in [3.05, 3.63) is 33.1 Å². The van der Waals surface area contributed by atoms with Crippen molar-refractivity contribution in [3.63, 3.8) is 0 Å². The summed E-state index contributed by atoms with van der Waals surface area (Å²) in [6.45, 7) is 5.07. The van der Waals surface area contributed by atoms with E-state index in [1.54, 1.807) is 20.0 Å². The molecule has 2 atom stereocenters. The van der Waals surface area contributed by atoms with Crippen LogP contribution in [-0.2, 0) is 6.54 Å². The molecule has 1 aromatic heterocycles. The number of aryl methyl sites for hydroxylation is 1. The molecule has 1 aromatic rings. The third-order valence-corrected chi connectivity index (χ3v) is 4.51. The van der Waals surface area contributed by atoms with Crippen molar-refractivity contribution < 1.29 is 10.0 Å². The quantitative estimate of drug-likeness (QED) is 0.619. The van der Waals surface area contributed by atoms with Crippen molar-refractivity contribution in [1.82, 2.24) is 10.3 Å². The molecule has 2 N–H and O–H groups in total. The molecule has 1 saturated carbocycles. The van der Waals surface area contributed by atoms with Crippen LogP contribution in [-0.4, -0.2) is 28.2 Å². The third-order valence-electron chi connectivity index (χ3n) is 4.51. The zero-order valence-electron chi connectivity index (χ0n) is 12.6. The van der Waals surface area contributed by atoms with Crippen molar-refractivity contribution >= 4 is 5.69 Å². The minimum Gasteiger partial charge on any atom is -0.396 e. The summed E-state index contributed by atoms with van der Waals surface area (Å²) in [4.78, 5) is 15.1. The molecule has 21 heavy (non-hydrogen) atoms. The van der Waals surface area contributed by atoms with Crippen LogP contribution in [0.2, 0.25) is 0 Å². The molecule has 1 aliphatic carbocycles. The summed E-state index contributed by atoms with van der Waals surface area (Å²) < 4.78 is 0. The van der Waals surface area contributed by atoms with Crippen molar-refractivity contribution in [2.75, 3.05) is 13.2 Å². The topological polar surface area (TPSA) is 88.3 Å². The van der Waals surface area contributed by atoms with Gasteiger partial charge in [0.2, 0.25) is 0 Å². The molecule has 1 heterocycles. The molecule has 2 unspecified atom stereocenters. The van der Waals surface area contributed by atoms with Gasteiger partial charge in [-0.15, -0.1) is 0 Å². The summed E-state index contributed by atoms with van der Waals surface area (Å²) in [6, 6.07) is 0. The zero-order chi connectivity index (χ0) is 15.4. The standard InChI is InChI=1S/C15H23N3O3/c1-10-6-17-14(11(2)15(10)18(20)21)8-16-7-12-4-3-5-13(12)9-19/h6,12-13,16,19H,3-5,7-9H2,1-2H3. The van der Waals surface area contributed by atoms with Crippen LogP contribution in [0.25, 0.3) is 0 Å². The van der Waals surface area contributed by atoms with Gasteiger partial charge in [0.05, 0.1) is 10.6 Å². The number of pyridine rings is 1. The van der Waals surface area contributed by atoms with Gasteiger partial charge in [-0.3, -0.25) is 15.1 Å². The highest BCUT2D eigenvalue weighted by Gasteiger charge is 2.26. The summed E-state index contributed by atoms with van der Waals surface area (Å²) in [5, 5.41) is 23.7. The molecular weight excluding hydrogens is 270 g/mol. The average molecular weight is 293 g/mol. The third kappa shape index (κ3) is 3.57. The summed E-state index contributed by atoms with van der Waals surface area (Å²) in [5.41, 5.74) is 2.12. The van der Waals surface area contributed by atoms with Gasteiger partial charge in [-0.25, -0.2) is 0 Å². The van der Waals surface area contributed by atoms with Crippen molar-refractivity contribution in [2.45, 2.75) is 39.7 Å². The molecule has 0 spiro atoms. The lowest BCUT2D eigenvalue weighted by Gasteiger charge is -2.18. The molecule has 0 radical (unpaired) electrons. The predicted molar refractivity (Wildman–Crippen MR) is 80.0 cm³/mol. The van der Waals surface area contributed by atoms with Crippen molar-refractivity contribution in [2.24, 2.45) is 11.8 Å². The van der Waals surface area contributed by atoms with Crippen LogP contribution in [0.1, 0.15) is 36.1 Å².